The SMILES string of the molecule is O=C(CO)OCC(=O)OCCCCCCCCCCO.OCCCCCCCCCCO. The van der Waals surface area contributed by atoms with Crippen LogP contribution in [0.2, 0.25) is 0 Å². The van der Waals surface area contributed by atoms with E-state index in [1.165, 1.54) is 32.1 Å². The molecule has 8 heteroatoms. The van der Waals surface area contributed by atoms with Crippen molar-refractivity contribution in [2.24, 2.45) is 0 Å². The zero-order chi connectivity index (χ0) is 24.1. The van der Waals surface area contributed by atoms with Crippen LogP contribution in [0.3, 0.4) is 0 Å². The number of unbranched alkanes of at least 4 members (excludes halogenated alkanes) is 14. The van der Waals surface area contributed by atoms with E-state index in [2.05, 4.69) is 4.74 Å². The number of carbonyl (C=O) groups is 2. The third kappa shape index (κ3) is 31.0. The highest BCUT2D eigenvalue weighted by atomic mass is 16.6. The Hall–Kier alpha value is -1.22. The summed E-state index contributed by atoms with van der Waals surface area (Å²) >= 11 is 0. The molecule has 0 aliphatic heterocycles. The van der Waals surface area contributed by atoms with E-state index in [0.717, 1.165) is 70.6 Å². The summed E-state index contributed by atoms with van der Waals surface area (Å²) in [5, 5.41) is 34.0. The third-order valence-electron chi connectivity index (χ3n) is 4.86. The minimum absolute atomic E-state index is 0.277. The molecule has 0 radical (unpaired) electrons. The van der Waals surface area contributed by atoms with Gasteiger partial charge in [-0.05, 0) is 25.7 Å². The summed E-state index contributed by atoms with van der Waals surface area (Å²) in [4.78, 5) is 21.7. The normalized spacial score (nSPS) is 10.4. The van der Waals surface area contributed by atoms with Crippen molar-refractivity contribution in [2.75, 3.05) is 39.6 Å². The first kappa shape index (κ1) is 33.0. The largest absolute Gasteiger partial charge is 0.463 e. The molecule has 0 spiro atoms. The average Bonchev–Trinajstić information content (AvgIpc) is 2.81. The molecular weight excluding hydrogens is 416 g/mol. The van der Waals surface area contributed by atoms with Crippen LogP contribution in [0.25, 0.3) is 0 Å². The Labute approximate surface area is 194 Å². The van der Waals surface area contributed by atoms with Crippen LogP contribution in [0.1, 0.15) is 103 Å². The highest BCUT2D eigenvalue weighted by Gasteiger charge is 2.06. The predicted molar refractivity (Wildman–Crippen MR) is 124 cm³/mol. The van der Waals surface area contributed by atoms with E-state index in [0.29, 0.717) is 19.8 Å². The standard InChI is InChI=1S/C14H26O6.C10H22O2/c15-9-7-5-3-1-2-4-6-8-10-19-14(18)12-20-13(17)11-16;11-9-7-5-3-1-2-4-6-8-10-12/h15-16H,1-12H2;11-12H,1-10H2. The van der Waals surface area contributed by atoms with Gasteiger partial charge in [-0.25, -0.2) is 9.59 Å². The van der Waals surface area contributed by atoms with Crippen molar-refractivity contribution in [3.8, 4) is 0 Å². The van der Waals surface area contributed by atoms with Crippen molar-refractivity contribution >= 4 is 11.9 Å². The molecule has 0 heterocycles. The van der Waals surface area contributed by atoms with Gasteiger partial charge in [0.15, 0.2) is 6.61 Å². The lowest BCUT2D eigenvalue weighted by molar-refractivity contribution is -0.160. The lowest BCUT2D eigenvalue weighted by Crippen LogP contribution is -2.18. The molecule has 0 aliphatic rings. The van der Waals surface area contributed by atoms with Gasteiger partial charge in [-0.2, -0.15) is 0 Å². The van der Waals surface area contributed by atoms with Crippen LogP contribution in [0.5, 0.6) is 0 Å². The predicted octanol–water partition coefficient (Wildman–Crippen LogP) is 3.27. The van der Waals surface area contributed by atoms with E-state index in [1.807, 2.05) is 0 Å². The van der Waals surface area contributed by atoms with Crippen molar-refractivity contribution in [1.82, 2.24) is 0 Å². The van der Waals surface area contributed by atoms with Crippen LogP contribution < -0.4 is 0 Å². The molecule has 0 fully saturated rings. The Morgan fingerprint density at radius 2 is 0.781 bits per heavy atom. The van der Waals surface area contributed by atoms with Gasteiger partial charge >= 0.3 is 11.9 Å². The average molecular weight is 465 g/mol. The second-order valence-corrected chi connectivity index (χ2v) is 7.87. The molecule has 0 bridgehead atoms. The highest BCUT2D eigenvalue weighted by molar-refractivity contribution is 5.76. The summed E-state index contributed by atoms with van der Waals surface area (Å²) in [5.74, 6) is -1.42. The van der Waals surface area contributed by atoms with Crippen LogP contribution in [0, 0.1) is 0 Å². The maximum atomic E-state index is 11.1. The lowest BCUT2D eigenvalue weighted by atomic mass is 10.1. The first-order valence-corrected chi connectivity index (χ1v) is 12.4. The van der Waals surface area contributed by atoms with Crippen LogP contribution in [-0.4, -0.2) is 72.0 Å². The summed E-state index contributed by atoms with van der Waals surface area (Å²) in [5.41, 5.74) is 0. The number of esters is 2. The Kier molecular flexibility index (Phi) is 30.7. The molecular formula is C24H48O8. The molecule has 0 saturated carbocycles. The molecule has 0 saturated heterocycles. The monoisotopic (exact) mass is 464 g/mol. The maximum Gasteiger partial charge on any atom is 0.344 e. The Morgan fingerprint density at radius 1 is 0.438 bits per heavy atom. The molecule has 0 atom stereocenters. The van der Waals surface area contributed by atoms with E-state index in [1.54, 1.807) is 0 Å². The number of aliphatic hydroxyl groups excluding tert-OH is 4. The molecule has 0 aliphatic carbocycles. The van der Waals surface area contributed by atoms with E-state index in [9.17, 15) is 9.59 Å². The van der Waals surface area contributed by atoms with Crippen LogP contribution in [0.15, 0.2) is 0 Å². The molecule has 0 amide bonds. The Bertz CT molecular complexity index is 380. The Morgan fingerprint density at radius 3 is 1.12 bits per heavy atom. The van der Waals surface area contributed by atoms with Crippen molar-refractivity contribution in [3.05, 3.63) is 0 Å². The highest BCUT2D eigenvalue weighted by Crippen LogP contribution is 2.09. The number of carbonyl (C=O) groups excluding carboxylic acids is 2. The smallest absolute Gasteiger partial charge is 0.344 e. The second-order valence-electron chi connectivity index (χ2n) is 7.87. The molecule has 4 N–H and O–H groups in total. The number of rotatable bonds is 22. The topological polar surface area (TPSA) is 134 Å². The van der Waals surface area contributed by atoms with E-state index < -0.39 is 25.2 Å². The summed E-state index contributed by atoms with van der Waals surface area (Å²) in [6.45, 7) is 0.115. The first-order valence-electron chi connectivity index (χ1n) is 12.4. The number of hydrogen-bond donors (Lipinski definition) is 4. The van der Waals surface area contributed by atoms with E-state index in [-0.39, 0.29) is 6.61 Å². The van der Waals surface area contributed by atoms with Crippen molar-refractivity contribution in [1.29, 1.82) is 0 Å². The molecule has 8 nitrogen and oxygen atoms in total. The fraction of sp³-hybridized carbons (Fsp3) is 0.917. The quantitative estimate of drug-likeness (QED) is 0.142. The zero-order valence-electron chi connectivity index (χ0n) is 20.0. The third-order valence-corrected chi connectivity index (χ3v) is 4.86. The first-order chi connectivity index (χ1) is 15.6. The lowest BCUT2D eigenvalue weighted by Gasteiger charge is -2.05. The summed E-state index contributed by atoms with van der Waals surface area (Å²) in [6, 6.07) is 0. The van der Waals surface area contributed by atoms with Gasteiger partial charge in [0.1, 0.15) is 6.61 Å². The molecule has 0 aromatic carbocycles. The molecule has 32 heavy (non-hydrogen) atoms. The summed E-state index contributed by atoms with van der Waals surface area (Å²) in [6.07, 6.45) is 17.7. The van der Waals surface area contributed by atoms with Gasteiger partial charge in [0.25, 0.3) is 0 Å². The van der Waals surface area contributed by atoms with Gasteiger partial charge in [0.05, 0.1) is 6.61 Å². The molecule has 0 aromatic rings. The van der Waals surface area contributed by atoms with Crippen LogP contribution in [-0.2, 0) is 19.1 Å². The fourth-order valence-corrected chi connectivity index (χ4v) is 2.97. The summed E-state index contributed by atoms with van der Waals surface area (Å²) in [7, 11) is 0. The molecule has 0 unspecified atom stereocenters. The van der Waals surface area contributed by atoms with Gasteiger partial charge in [0.2, 0.25) is 0 Å². The summed E-state index contributed by atoms with van der Waals surface area (Å²) < 4.78 is 9.29. The Balaban J connectivity index is 0. The number of hydrogen-bond acceptors (Lipinski definition) is 8. The molecule has 0 rings (SSSR count). The van der Waals surface area contributed by atoms with Gasteiger partial charge in [-0.3, -0.25) is 0 Å². The van der Waals surface area contributed by atoms with E-state index >= 15 is 0 Å². The maximum absolute atomic E-state index is 11.1. The van der Waals surface area contributed by atoms with Crippen molar-refractivity contribution in [2.45, 2.75) is 103 Å². The minimum Gasteiger partial charge on any atom is -0.463 e. The van der Waals surface area contributed by atoms with Crippen molar-refractivity contribution < 1.29 is 39.5 Å². The molecule has 192 valence electrons. The van der Waals surface area contributed by atoms with Gasteiger partial charge < -0.3 is 29.9 Å². The minimum atomic E-state index is -0.830. The van der Waals surface area contributed by atoms with Gasteiger partial charge in [-0.1, -0.05) is 77.0 Å². The number of ether oxygens (including phenoxy) is 2. The fourth-order valence-electron chi connectivity index (χ4n) is 2.97. The van der Waals surface area contributed by atoms with Crippen LogP contribution >= 0.6 is 0 Å². The van der Waals surface area contributed by atoms with Gasteiger partial charge in [0, 0.05) is 19.8 Å². The zero-order valence-corrected chi connectivity index (χ0v) is 20.0. The van der Waals surface area contributed by atoms with E-state index in [4.69, 9.17) is 25.2 Å². The van der Waals surface area contributed by atoms with Crippen LogP contribution in [0.4, 0.5) is 0 Å². The van der Waals surface area contributed by atoms with Gasteiger partial charge in [-0.15, -0.1) is 0 Å². The number of aliphatic hydroxyl groups is 4. The second kappa shape index (κ2) is 29.8. The van der Waals surface area contributed by atoms with Crippen molar-refractivity contribution in [3.63, 3.8) is 0 Å². The molecule has 0 aromatic heterocycles.